The SMILES string of the molecule is CCc1ccc(Nc2nc(CC(=O)NCCC3=CCCCC3)cs2)cc1. The molecule has 5 heteroatoms. The molecule has 0 unspecified atom stereocenters. The summed E-state index contributed by atoms with van der Waals surface area (Å²) in [6.07, 6.45) is 9.66. The van der Waals surface area contributed by atoms with Crippen LogP contribution in [0.25, 0.3) is 0 Å². The molecule has 2 aromatic rings. The first-order valence-corrected chi connectivity index (χ1v) is 10.4. The molecule has 0 atom stereocenters. The number of anilines is 2. The number of aromatic nitrogens is 1. The summed E-state index contributed by atoms with van der Waals surface area (Å²) in [5.74, 6) is 0.0468. The molecule has 26 heavy (non-hydrogen) atoms. The fraction of sp³-hybridized carbons (Fsp3) is 0.429. The summed E-state index contributed by atoms with van der Waals surface area (Å²) in [7, 11) is 0. The van der Waals surface area contributed by atoms with Crippen molar-refractivity contribution in [2.24, 2.45) is 0 Å². The van der Waals surface area contributed by atoms with Crippen LogP contribution >= 0.6 is 11.3 Å². The van der Waals surface area contributed by atoms with Crippen molar-refractivity contribution >= 4 is 28.1 Å². The van der Waals surface area contributed by atoms with E-state index in [4.69, 9.17) is 0 Å². The number of allylic oxidation sites excluding steroid dienone is 1. The third-order valence-electron chi connectivity index (χ3n) is 4.66. The molecule has 1 aromatic heterocycles. The van der Waals surface area contributed by atoms with Crippen LogP contribution in [0.15, 0.2) is 41.3 Å². The number of nitrogens with zero attached hydrogens (tertiary/aromatic N) is 1. The molecule has 2 N–H and O–H groups in total. The molecule has 0 saturated heterocycles. The molecule has 0 radical (unpaired) electrons. The van der Waals surface area contributed by atoms with Crippen LogP contribution in [-0.4, -0.2) is 17.4 Å². The van der Waals surface area contributed by atoms with Crippen LogP contribution in [0.2, 0.25) is 0 Å². The predicted octanol–water partition coefficient (Wildman–Crippen LogP) is 5.00. The smallest absolute Gasteiger partial charge is 0.226 e. The molecule has 0 aliphatic heterocycles. The first-order chi connectivity index (χ1) is 12.7. The molecule has 138 valence electrons. The second-order valence-corrected chi connectivity index (χ2v) is 7.56. The van der Waals surface area contributed by atoms with Gasteiger partial charge < -0.3 is 10.6 Å². The first kappa shape index (κ1) is 18.6. The lowest BCUT2D eigenvalue weighted by molar-refractivity contribution is -0.120. The van der Waals surface area contributed by atoms with Crippen molar-refractivity contribution in [1.82, 2.24) is 10.3 Å². The average molecular weight is 370 g/mol. The van der Waals surface area contributed by atoms with Gasteiger partial charge in [-0.3, -0.25) is 4.79 Å². The Bertz CT molecular complexity index is 749. The molecular weight excluding hydrogens is 342 g/mol. The predicted molar refractivity (Wildman–Crippen MR) is 109 cm³/mol. The van der Waals surface area contributed by atoms with Crippen LogP contribution in [0.5, 0.6) is 0 Å². The summed E-state index contributed by atoms with van der Waals surface area (Å²) in [5, 5.41) is 9.09. The molecule has 1 amide bonds. The second kappa shape index (κ2) is 9.53. The highest BCUT2D eigenvalue weighted by atomic mass is 32.1. The molecule has 4 nitrogen and oxygen atoms in total. The molecule has 1 aliphatic carbocycles. The highest BCUT2D eigenvalue weighted by molar-refractivity contribution is 7.13. The maximum absolute atomic E-state index is 12.1. The summed E-state index contributed by atoms with van der Waals surface area (Å²) in [6.45, 7) is 2.87. The number of rotatable bonds is 8. The quantitative estimate of drug-likeness (QED) is 0.644. The van der Waals surface area contributed by atoms with Gasteiger partial charge in [0.15, 0.2) is 5.13 Å². The van der Waals surface area contributed by atoms with E-state index in [2.05, 4.69) is 52.9 Å². The van der Waals surface area contributed by atoms with Gasteiger partial charge >= 0.3 is 0 Å². The number of nitrogens with one attached hydrogen (secondary N) is 2. The first-order valence-electron chi connectivity index (χ1n) is 9.48. The Kier molecular flexibility index (Phi) is 6.83. The standard InChI is InChI=1S/C21H27N3OS/c1-2-16-8-10-18(11-9-16)23-21-24-19(15-26-21)14-20(25)22-13-12-17-6-4-3-5-7-17/h6,8-11,15H,2-5,7,12-14H2,1H3,(H,22,25)(H,23,24). The van der Waals surface area contributed by atoms with Crippen molar-refractivity contribution in [2.75, 3.05) is 11.9 Å². The van der Waals surface area contributed by atoms with Gasteiger partial charge in [-0.15, -0.1) is 11.3 Å². The fourth-order valence-electron chi connectivity index (χ4n) is 3.11. The van der Waals surface area contributed by atoms with Gasteiger partial charge in [0.05, 0.1) is 12.1 Å². The van der Waals surface area contributed by atoms with Crippen molar-refractivity contribution < 1.29 is 4.79 Å². The zero-order valence-corrected chi connectivity index (χ0v) is 16.2. The summed E-state index contributed by atoms with van der Waals surface area (Å²) in [6, 6.07) is 8.36. The Morgan fingerprint density at radius 2 is 2.08 bits per heavy atom. The zero-order chi connectivity index (χ0) is 18.2. The molecule has 1 aromatic carbocycles. The number of thiazole rings is 1. The van der Waals surface area contributed by atoms with Crippen LogP contribution in [0, 0.1) is 0 Å². The van der Waals surface area contributed by atoms with Crippen molar-refractivity contribution in [3.8, 4) is 0 Å². The van der Waals surface area contributed by atoms with E-state index in [1.807, 2.05) is 5.38 Å². The Hall–Kier alpha value is -2.14. The van der Waals surface area contributed by atoms with Gasteiger partial charge in [-0.2, -0.15) is 0 Å². The highest BCUT2D eigenvalue weighted by Gasteiger charge is 2.09. The molecule has 1 aliphatic rings. The van der Waals surface area contributed by atoms with Crippen molar-refractivity contribution in [1.29, 1.82) is 0 Å². The Labute approximate surface area is 159 Å². The minimum Gasteiger partial charge on any atom is -0.355 e. The lowest BCUT2D eigenvalue weighted by Crippen LogP contribution is -2.26. The monoisotopic (exact) mass is 369 g/mol. The largest absolute Gasteiger partial charge is 0.355 e. The van der Waals surface area contributed by atoms with E-state index >= 15 is 0 Å². The number of carbonyl (C=O) groups is 1. The van der Waals surface area contributed by atoms with E-state index < -0.39 is 0 Å². The van der Waals surface area contributed by atoms with E-state index in [1.165, 1.54) is 48.2 Å². The van der Waals surface area contributed by atoms with Crippen LogP contribution in [0.3, 0.4) is 0 Å². The van der Waals surface area contributed by atoms with E-state index in [0.29, 0.717) is 6.42 Å². The molecule has 0 bridgehead atoms. The van der Waals surface area contributed by atoms with Gasteiger partial charge in [0, 0.05) is 17.6 Å². The highest BCUT2D eigenvalue weighted by Crippen LogP contribution is 2.22. The van der Waals surface area contributed by atoms with Gasteiger partial charge in [0.1, 0.15) is 0 Å². The minimum atomic E-state index is 0.0468. The lowest BCUT2D eigenvalue weighted by atomic mass is 9.97. The molecular formula is C21H27N3OS. The number of amides is 1. The van der Waals surface area contributed by atoms with Gasteiger partial charge in [-0.25, -0.2) is 4.98 Å². The zero-order valence-electron chi connectivity index (χ0n) is 15.4. The van der Waals surface area contributed by atoms with Gasteiger partial charge in [0.2, 0.25) is 5.91 Å². The maximum Gasteiger partial charge on any atom is 0.226 e. The van der Waals surface area contributed by atoms with E-state index in [-0.39, 0.29) is 5.91 Å². The Balaban J connectivity index is 1.43. The van der Waals surface area contributed by atoms with Crippen LogP contribution in [-0.2, 0) is 17.6 Å². The summed E-state index contributed by atoms with van der Waals surface area (Å²) in [5.41, 5.74) is 4.65. The summed E-state index contributed by atoms with van der Waals surface area (Å²) < 4.78 is 0. The van der Waals surface area contributed by atoms with Crippen molar-refractivity contribution in [3.63, 3.8) is 0 Å². The Morgan fingerprint density at radius 1 is 1.23 bits per heavy atom. The minimum absolute atomic E-state index is 0.0468. The Morgan fingerprint density at radius 3 is 2.81 bits per heavy atom. The third kappa shape index (κ3) is 5.70. The number of aryl methyl sites for hydroxylation is 1. The lowest BCUT2D eigenvalue weighted by Gasteiger charge is -2.12. The number of benzene rings is 1. The fourth-order valence-corrected chi connectivity index (χ4v) is 3.84. The number of hydrogen-bond donors (Lipinski definition) is 2. The van der Waals surface area contributed by atoms with Crippen molar-refractivity contribution in [3.05, 3.63) is 52.6 Å². The molecule has 0 fully saturated rings. The van der Waals surface area contributed by atoms with E-state index in [0.717, 1.165) is 35.9 Å². The van der Waals surface area contributed by atoms with Crippen molar-refractivity contribution in [2.45, 2.75) is 51.9 Å². The number of carbonyl (C=O) groups excluding carboxylic acids is 1. The van der Waals surface area contributed by atoms with Crippen LogP contribution in [0.1, 0.15) is 50.3 Å². The van der Waals surface area contributed by atoms with E-state index in [1.54, 1.807) is 0 Å². The third-order valence-corrected chi connectivity index (χ3v) is 5.47. The number of hydrogen-bond acceptors (Lipinski definition) is 4. The summed E-state index contributed by atoms with van der Waals surface area (Å²) in [4.78, 5) is 16.6. The average Bonchev–Trinajstić information content (AvgIpc) is 3.10. The van der Waals surface area contributed by atoms with E-state index in [9.17, 15) is 4.79 Å². The van der Waals surface area contributed by atoms with Gasteiger partial charge in [0.25, 0.3) is 0 Å². The second-order valence-electron chi connectivity index (χ2n) is 6.70. The normalized spacial score (nSPS) is 14.0. The van der Waals surface area contributed by atoms with Gasteiger partial charge in [-0.05, 0) is 56.2 Å². The summed E-state index contributed by atoms with van der Waals surface area (Å²) >= 11 is 1.53. The molecule has 1 heterocycles. The maximum atomic E-state index is 12.1. The van der Waals surface area contributed by atoms with Crippen LogP contribution in [0.4, 0.5) is 10.8 Å². The van der Waals surface area contributed by atoms with Gasteiger partial charge in [-0.1, -0.05) is 30.7 Å². The van der Waals surface area contributed by atoms with Crippen LogP contribution < -0.4 is 10.6 Å². The topological polar surface area (TPSA) is 54.0 Å². The molecule has 0 spiro atoms. The molecule has 0 saturated carbocycles. The molecule has 3 rings (SSSR count).